The Morgan fingerprint density at radius 1 is 1.19 bits per heavy atom. The van der Waals surface area contributed by atoms with Crippen LogP contribution in [0.1, 0.15) is 16.1 Å². The van der Waals surface area contributed by atoms with Gasteiger partial charge < -0.3 is 15.0 Å². The monoisotopic (exact) mass is 280 g/mol. The van der Waals surface area contributed by atoms with Crippen molar-refractivity contribution in [3.63, 3.8) is 0 Å². The molecule has 0 fully saturated rings. The first-order chi connectivity index (χ1) is 10.3. The minimum absolute atomic E-state index is 0.0816. The normalized spacial score (nSPS) is 10.5. The van der Waals surface area contributed by atoms with Gasteiger partial charge in [-0.3, -0.25) is 4.79 Å². The highest BCUT2D eigenvalue weighted by molar-refractivity contribution is 5.94. The summed E-state index contributed by atoms with van der Waals surface area (Å²) in [6.45, 7) is 0.640. The number of imidazole rings is 1. The van der Waals surface area contributed by atoms with Crippen LogP contribution in [0, 0.1) is 0 Å². The van der Waals surface area contributed by atoms with E-state index in [1.54, 1.807) is 19.2 Å². The van der Waals surface area contributed by atoms with Crippen molar-refractivity contribution in [2.24, 2.45) is 0 Å². The summed E-state index contributed by atoms with van der Waals surface area (Å²) < 4.78 is 1.99. The van der Waals surface area contributed by atoms with Crippen LogP contribution in [-0.4, -0.2) is 22.3 Å². The van der Waals surface area contributed by atoms with E-state index < -0.39 is 0 Å². The van der Waals surface area contributed by atoms with Crippen LogP contribution in [0.15, 0.2) is 54.9 Å². The van der Waals surface area contributed by atoms with Gasteiger partial charge in [-0.1, -0.05) is 6.07 Å². The Labute approximate surface area is 122 Å². The van der Waals surface area contributed by atoms with Gasteiger partial charge in [-0.15, -0.1) is 0 Å². The van der Waals surface area contributed by atoms with Crippen molar-refractivity contribution in [1.82, 2.24) is 14.7 Å². The van der Waals surface area contributed by atoms with Gasteiger partial charge in [0.2, 0.25) is 0 Å². The highest BCUT2D eigenvalue weighted by Crippen LogP contribution is 2.12. The van der Waals surface area contributed by atoms with E-state index in [0.717, 1.165) is 17.0 Å². The number of aromatic nitrogens is 2. The van der Waals surface area contributed by atoms with Gasteiger partial charge in [-0.05, 0) is 36.4 Å². The fourth-order valence-electron chi connectivity index (χ4n) is 2.15. The predicted octanol–water partition coefficient (Wildman–Crippen LogP) is 2.31. The molecule has 2 heterocycles. The van der Waals surface area contributed by atoms with Crippen LogP contribution in [0.2, 0.25) is 0 Å². The lowest BCUT2D eigenvalue weighted by atomic mass is 10.2. The fourth-order valence-corrected chi connectivity index (χ4v) is 2.15. The zero-order valence-electron chi connectivity index (χ0n) is 11.7. The minimum Gasteiger partial charge on any atom is -0.379 e. The van der Waals surface area contributed by atoms with E-state index in [-0.39, 0.29) is 5.91 Å². The van der Waals surface area contributed by atoms with Crippen LogP contribution in [0.4, 0.5) is 5.69 Å². The van der Waals surface area contributed by atoms with Crippen molar-refractivity contribution in [2.75, 3.05) is 12.4 Å². The van der Waals surface area contributed by atoms with Crippen LogP contribution >= 0.6 is 0 Å². The third-order valence-corrected chi connectivity index (χ3v) is 3.26. The van der Waals surface area contributed by atoms with Gasteiger partial charge >= 0.3 is 0 Å². The third kappa shape index (κ3) is 2.86. The molecule has 0 aliphatic rings. The Bertz CT molecular complexity index is 728. The molecular formula is C16H16N4O. The molecular weight excluding hydrogens is 264 g/mol. The summed E-state index contributed by atoms with van der Waals surface area (Å²) in [6, 6.07) is 13.3. The average Bonchev–Trinajstić information content (AvgIpc) is 2.95. The minimum atomic E-state index is -0.0816. The number of rotatable bonds is 4. The molecule has 5 heteroatoms. The molecule has 0 saturated carbocycles. The van der Waals surface area contributed by atoms with E-state index in [2.05, 4.69) is 15.6 Å². The van der Waals surface area contributed by atoms with Crippen molar-refractivity contribution in [2.45, 2.75) is 6.54 Å². The van der Waals surface area contributed by atoms with Crippen LogP contribution < -0.4 is 10.6 Å². The van der Waals surface area contributed by atoms with Crippen molar-refractivity contribution < 1.29 is 4.79 Å². The first kappa shape index (κ1) is 13.2. The van der Waals surface area contributed by atoms with Gasteiger partial charge in [0.15, 0.2) is 0 Å². The molecule has 0 bridgehead atoms. The molecule has 2 N–H and O–H groups in total. The van der Waals surface area contributed by atoms with Crippen molar-refractivity contribution in [3.8, 4) is 0 Å². The molecule has 0 radical (unpaired) electrons. The molecule has 106 valence electrons. The lowest BCUT2D eigenvalue weighted by Crippen LogP contribution is -2.17. The van der Waals surface area contributed by atoms with Crippen molar-refractivity contribution in [1.29, 1.82) is 0 Å². The number of fused-ring (bicyclic) bond motifs is 1. The van der Waals surface area contributed by atoms with Gasteiger partial charge in [0.1, 0.15) is 5.65 Å². The summed E-state index contributed by atoms with van der Waals surface area (Å²) in [7, 11) is 1.62. The topological polar surface area (TPSA) is 58.4 Å². The Hall–Kier alpha value is -2.82. The zero-order valence-corrected chi connectivity index (χ0v) is 11.7. The summed E-state index contributed by atoms with van der Waals surface area (Å²) in [5.41, 5.74) is 3.51. The van der Waals surface area contributed by atoms with Crippen LogP contribution in [0.25, 0.3) is 5.65 Å². The molecule has 21 heavy (non-hydrogen) atoms. The number of anilines is 1. The Morgan fingerprint density at radius 3 is 2.71 bits per heavy atom. The SMILES string of the molecule is CNC(=O)c1ccc(NCc2cn3ccccc3n2)cc1. The number of carbonyl (C=O) groups excluding carboxylic acids is 1. The van der Waals surface area contributed by atoms with Gasteiger partial charge in [0, 0.05) is 30.7 Å². The van der Waals surface area contributed by atoms with E-state index >= 15 is 0 Å². The molecule has 0 aliphatic heterocycles. The molecule has 1 amide bonds. The second-order valence-corrected chi connectivity index (χ2v) is 4.71. The molecule has 3 aromatic rings. The van der Waals surface area contributed by atoms with E-state index in [0.29, 0.717) is 12.1 Å². The van der Waals surface area contributed by atoms with Gasteiger partial charge in [-0.25, -0.2) is 4.98 Å². The van der Waals surface area contributed by atoms with Crippen molar-refractivity contribution >= 4 is 17.2 Å². The van der Waals surface area contributed by atoms with E-state index in [4.69, 9.17) is 0 Å². The first-order valence-electron chi connectivity index (χ1n) is 6.75. The molecule has 0 unspecified atom stereocenters. The maximum atomic E-state index is 11.5. The molecule has 5 nitrogen and oxygen atoms in total. The summed E-state index contributed by atoms with van der Waals surface area (Å²) in [5.74, 6) is -0.0816. The summed E-state index contributed by atoms with van der Waals surface area (Å²) in [4.78, 5) is 16.0. The summed E-state index contributed by atoms with van der Waals surface area (Å²) >= 11 is 0. The van der Waals surface area contributed by atoms with E-state index in [1.165, 1.54) is 0 Å². The number of hydrogen-bond donors (Lipinski definition) is 2. The maximum absolute atomic E-state index is 11.5. The predicted molar refractivity (Wildman–Crippen MR) is 82.4 cm³/mol. The van der Waals surface area contributed by atoms with Crippen LogP contribution in [0.5, 0.6) is 0 Å². The second-order valence-electron chi connectivity index (χ2n) is 4.71. The highest BCUT2D eigenvalue weighted by Gasteiger charge is 2.03. The molecule has 0 saturated heterocycles. The zero-order chi connectivity index (χ0) is 14.7. The number of carbonyl (C=O) groups is 1. The fraction of sp³-hybridized carbons (Fsp3) is 0.125. The second kappa shape index (κ2) is 5.66. The lowest BCUT2D eigenvalue weighted by Gasteiger charge is -2.05. The number of nitrogens with zero attached hydrogens (tertiary/aromatic N) is 2. The number of benzene rings is 1. The van der Waals surface area contributed by atoms with Crippen LogP contribution in [0.3, 0.4) is 0 Å². The Balaban J connectivity index is 1.68. The average molecular weight is 280 g/mol. The lowest BCUT2D eigenvalue weighted by molar-refractivity contribution is 0.0963. The molecule has 2 aromatic heterocycles. The maximum Gasteiger partial charge on any atom is 0.251 e. The molecule has 0 aliphatic carbocycles. The Kier molecular flexibility index (Phi) is 3.55. The molecule has 0 atom stereocenters. The van der Waals surface area contributed by atoms with Gasteiger partial charge in [0.25, 0.3) is 5.91 Å². The largest absolute Gasteiger partial charge is 0.379 e. The number of amides is 1. The van der Waals surface area contributed by atoms with Crippen molar-refractivity contribution in [3.05, 3.63) is 66.1 Å². The third-order valence-electron chi connectivity index (χ3n) is 3.26. The molecule has 1 aromatic carbocycles. The van der Waals surface area contributed by atoms with Gasteiger partial charge in [0.05, 0.1) is 12.2 Å². The molecule has 3 rings (SSSR count). The smallest absolute Gasteiger partial charge is 0.251 e. The van der Waals surface area contributed by atoms with Gasteiger partial charge in [-0.2, -0.15) is 0 Å². The number of pyridine rings is 1. The number of nitrogens with one attached hydrogen (secondary N) is 2. The quantitative estimate of drug-likeness (QED) is 0.771. The standard InChI is InChI=1S/C16H16N4O/c1-17-16(21)12-5-7-13(8-6-12)18-10-14-11-20-9-3-2-4-15(20)19-14/h2-9,11,18H,10H2,1H3,(H,17,21). The summed E-state index contributed by atoms with van der Waals surface area (Å²) in [6.07, 6.45) is 3.98. The molecule has 0 spiro atoms. The highest BCUT2D eigenvalue weighted by atomic mass is 16.1. The van der Waals surface area contributed by atoms with E-state index in [1.807, 2.05) is 47.1 Å². The summed E-state index contributed by atoms with van der Waals surface area (Å²) in [5, 5.41) is 5.90. The van der Waals surface area contributed by atoms with Crippen LogP contribution in [-0.2, 0) is 6.54 Å². The van der Waals surface area contributed by atoms with E-state index in [9.17, 15) is 4.79 Å². The first-order valence-corrected chi connectivity index (χ1v) is 6.75. The Morgan fingerprint density at radius 2 is 2.00 bits per heavy atom. The number of hydrogen-bond acceptors (Lipinski definition) is 3.